The zero-order valence-corrected chi connectivity index (χ0v) is 13.2. The fraction of sp³-hybridized carbons (Fsp3) is 0. The number of aromatic amines is 1. The van der Waals surface area contributed by atoms with Crippen molar-refractivity contribution in [2.45, 2.75) is 0 Å². The average Bonchev–Trinajstić information content (AvgIpc) is 2.82. The minimum absolute atomic E-state index is 0. The van der Waals surface area contributed by atoms with Crippen LogP contribution in [0, 0.1) is 11.6 Å². The van der Waals surface area contributed by atoms with Crippen LogP contribution < -0.4 is 0 Å². The Labute approximate surface area is 139 Å². The van der Waals surface area contributed by atoms with Crippen molar-refractivity contribution in [3.63, 3.8) is 0 Å². The van der Waals surface area contributed by atoms with Crippen molar-refractivity contribution in [1.82, 2.24) is 4.98 Å². The Hall–Kier alpha value is -1.46. The van der Waals surface area contributed by atoms with Crippen molar-refractivity contribution in [3.05, 3.63) is 66.0 Å². The Morgan fingerprint density at radius 1 is 0.950 bits per heavy atom. The molecule has 0 atom stereocenters. The van der Waals surface area contributed by atoms with E-state index in [0.29, 0.717) is 5.75 Å². The number of benzene rings is 2. The molecule has 0 amide bonds. The molecule has 0 unspecified atom stereocenters. The van der Waals surface area contributed by atoms with Gasteiger partial charge in [0.1, 0.15) is 5.75 Å². The van der Waals surface area contributed by atoms with Gasteiger partial charge in [-0.3, -0.25) is 0 Å². The van der Waals surface area contributed by atoms with Crippen LogP contribution in [0.15, 0.2) is 48.7 Å². The SMILES string of the molecule is Oc1ccc2cc[nH]c2c1.[NH-]c1ccc(F)c(F)c1.[Y]. The molecule has 2 aromatic carbocycles. The van der Waals surface area contributed by atoms with Crippen molar-refractivity contribution >= 4 is 16.6 Å². The van der Waals surface area contributed by atoms with E-state index in [4.69, 9.17) is 10.8 Å². The molecule has 0 aliphatic carbocycles. The minimum Gasteiger partial charge on any atom is -0.699 e. The predicted molar refractivity (Wildman–Crippen MR) is 70.3 cm³/mol. The fourth-order valence-electron chi connectivity index (χ4n) is 1.53. The van der Waals surface area contributed by atoms with Gasteiger partial charge in [-0.05, 0) is 35.7 Å². The molecule has 1 radical (unpaired) electrons. The van der Waals surface area contributed by atoms with E-state index in [2.05, 4.69) is 4.98 Å². The Morgan fingerprint density at radius 3 is 2.35 bits per heavy atom. The molecule has 0 aliphatic heterocycles. The second kappa shape index (κ2) is 7.36. The van der Waals surface area contributed by atoms with Crippen LogP contribution in [0.2, 0.25) is 0 Å². The predicted octanol–water partition coefficient (Wildman–Crippen LogP) is 4.52. The second-order valence-electron chi connectivity index (χ2n) is 3.88. The second-order valence-corrected chi connectivity index (χ2v) is 3.88. The van der Waals surface area contributed by atoms with Crippen LogP contribution in [0.3, 0.4) is 0 Å². The quantitative estimate of drug-likeness (QED) is 0.615. The van der Waals surface area contributed by atoms with Gasteiger partial charge < -0.3 is 15.8 Å². The van der Waals surface area contributed by atoms with E-state index in [1.54, 1.807) is 12.1 Å². The molecule has 0 saturated heterocycles. The van der Waals surface area contributed by atoms with Crippen molar-refractivity contribution < 1.29 is 46.6 Å². The van der Waals surface area contributed by atoms with Gasteiger partial charge in [0.15, 0.2) is 11.6 Å². The van der Waals surface area contributed by atoms with Gasteiger partial charge in [0, 0.05) is 50.5 Å². The standard InChI is InChI=1S/C8H7NO.C6H4F2N.Y/c10-7-2-1-6-3-4-9-8(6)5-7;7-5-2-1-4(9)3-6(5)8;/h1-5,9-10H;1-3,9H;/q;-1;. The van der Waals surface area contributed by atoms with Gasteiger partial charge in [-0.1, -0.05) is 6.07 Å². The molecule has 101 valence electrons. The van der Waals surface area contributed by atoms with E-state index >= 15 is 0 Å². The Balaban J connectivity index is 0.000000192. The van der Waals surface area contributed by atoms with Crippen LogP contribution in [0.1, 0.15) is 0 Å². The van der Waals surface area contributed by atoms with Crippen LogP contribution in [0.5, 0.6) is 5.75 Å². The number of aromatic nitrogens is 1. The molecular formula is C14H11F2N2OY-. The first-order chi connectivity index (χ1) is 9.06. The third-order valence-electron chi connectivity index (χ3n) is 2.46. The third-order valence-corrected chi connectivity index (χ3v) is 2.46. The van der Waals surface area contributed by atoms with Gasteiger partial charge in [-0.15, -0.1) is 5.69 Å². The van der Waals surface area contributed by atoms with E-state index in [-0.39, 0.29) is 38.4 Å². The molecule has 0 saturated carbocycles. The molecule has 3 aromatic rings. The zero-order valence-electron chi connectivity index (χ0n) is 10.4. The number of phenolic OH excluding ortho intramolecular Hbond substituents is 1. The number of phenols is 1. The number of rotatable bonds is 0. The van der Waals surface area contributed by atoms with Gasteiger partial charge in [-0.25, -0.2) is 8.78 Å². The van der Waals surface area contributed by atoms with Crippen molar-refractivity contribution in [2.75, 3.05) is 0 Å². The summed E-state index contributed by atoms with van der Waals surface area (Å²) in [5.74, 6) is -1.58. The van der Waals surface area contributed by atoms with E-state index in [1.165, 1.54) is 6.07 Å². The Morgan fingerprint density at radius 2 is 1.70 bits per heavy atom. The summed E-state index contributed by atoms with van der Waals surface area (Å²) >= 11 is 0. The van der Waals surface area contributed by atoms with Crippen molar-refractivity contribution in [1.29, 1.82) is 0 Å². The average molecular weight is 350 g/mol. The number of hydrogen-bond acceptors (Lipinski definition) is 1. The van der Waals surface area contributed by atoms with E-state index in [9.17, 15) is 8.78 Å². The summed E-state index contributed by atoms with van der Waals surface area (Å²) in [4.78, 5) is 3.00. The van der Waals surface area contributed by atoms with Gasteiger partial charge in [0.2, 0.25) is 0 Å². The summed E-state index contributed by atoms with van der Waals surface area (Å²) < 4.78 is 24.1. The molecule has 20 heavy (non-hydrogen) atoms. The van der Waals surface area contributed by atoms with Crippen LogP contribution in [-0.2, 0) is 32.7 Å². The molecule has 0 bridgehead atoms. The third kappa shape index (κ3) is 4.28. The first-order valence-electron chi connectivity index (χ1n) is 5.49. The van der Waals surface area contributed by atoms with E-state index < -0.39 is 11.6 Å². The van der Waals surface area contributed by atoms with Crippen LogP contribution in [-0.4, -0.2) is 10.1 Å². The summed E-state index contributed by atoms with van der Waals surface area (Å²) in [6.07, 6.45) is 1.85. The number of fused-ring (bicyclic) bond motifs is 1. The number of hydrogen-bond donors (Lipinski definition) is 2. The maximum absolute atomic E-state index is 12.1. The number of H-pyrrole nitrogens is 1. The van der Waals surface area contributed by atoms with Crippen molar-refractivity contribution in [2.24, 2.45) is 0 Å². The molecule has 0 spiro atoms. The van der Waals surface area contributed by atoms with Gasteiger partial charge in [0.05, 0.1) is 0 Å². The normalized spacial score (nSPS) is 9.50. The maximum Gasteiger partial charge on any atom is 0.158 e. The Bertz CT molecular complexity index is 700. The van der Waals surface area contributed by atoms with E-state index in [0.717, 1.165) is 23.0 Å². The molecule has 3 rings (SSSR count). The molecule has 6 heteroatoms. The minimum atomic E-state index is -0.970. The maximum atomic E-state index is 12.1. The molecular weight excluding hydrogens is 339 g/mol. The van der Waals surface area contributed by atoms with E-state index in [1.807, 2.05) is 18.3 Å². The van der Waals surface area contributed by atoms with Crippen molar-refractivity contribution in [3.8, 4) is 5.75 Å². The number of aromatic hydroxyl groups is 1. The summed E-state index contributed by atoms with van der Waals surface area (Å²) in [7, 11) is 0. The first kappa shape index (κ1) is 16.6. The van der Waals surface area contributed by atoms with Crippen LogP contribution in [0.4, 0.5) is 14.5 Å². The molecule has 3 N–H and O–H groups in total. The van der Waals surface area contributed by atoms with Gasteiger partial charge in [0.25, 0.3) is 0 Å². The van der Waals surface area contributed by atoms with Crippen LogP contribution in [0.25, 0.3) is 16.6 Å². The summed E-state index contributed by atoms with van der Waals surface area (Å²) in [5, 5.41) is 10.2. The monoisotopic (exact) mass is 350 g/mol. The molecule has 3 nitrogen and oxygen atoms in total. The van der Waals surface area contributed by atoms with Crippen LogP contribution >= 0.6 is 0 Å². The molecule has 0 aliphatic rings. The summed E-state index contributed by atoms with van der Waals surface area (Å²) in [6, 6.07) is 10.2. The summed E-state index contributed by atoms with van der Waals surface area (Å²) in [6.45, 7) is 0. The number of halogens is 2. The fourth-order valence-corrected chi connectivity index (χ4v) is 1.53. The smallest absolute Gasteiger partial charge is 0.158 e. The molecule has 1 heterocycles. The summed E-state index contributed by atoms with van der Waals surface area (Å²) in [5.41, 5.74) is 7.78. The van der Waals surface area contributed by atoms with Gasteiger partial charge in [-0.2, -0.15) is 0 Å². The van der Waals surface area contributed by atoms with Gasteiger partial charge >= 0.3 is 0 Å². The largest absolute Gasteiger partial charge is 0.699 e. The topological polar surface area (TPSA) is 59.8 Å². The first-order valence-corrected chi connectivity index (χ1v) is 5.49. The zero-order chi connectivity index (χ0) is 13.8. The molecule has 0 fully saturated rings. The molecule has 1 aromatic heterocycles. The number of nitrogens with one attached hydrogen (secondary N) is 2. The Kier molecular flexibility index (Phi) is 6.11.